The largest absolute Gasteiger partial charge is 0.496 e. The lowest BCUT2D eigenvalue weighted by Gasteiger charge is -2.24. The van der Waals surface area contributed by atoms with Crippen molar-refractivity contribution in [1.82, 2.24) is 10.2 Å². The van der Waals surface area contributed by atoms with Gasteiger partial charge in [-0.3, -0.25) is 14.4 Å². The number of para-hydroxylation sites is 1. The summed E-state index contributed by atoms with van der Waals surface area (Å²) in [6, 6.07) is 30.1. The molecule has 0 aromatic heterocycles. The van der Waals surface area contributed by atoms with E-state index in [2.05, 4.69) is 5.32 Å². The molecule has 4 rings (SSSR count). The van der Waals surface area contributed by atoms with Crippen LogP contribution in [0.2, 0.25) is 0 Å². The molecular formula is C34H34N2O6. The molecule has 4 aromatic rings. The summed E-state index contributed by atoms with van der Waals surface area (Å²) >= 11 is 0. The number of carboxylic acids is 1. The number of aliphatic hydroxyl groups is 1. The molecule has 0 heterocycles. The van der Waals surface area contributed by atoms with E-state index < -0.39 is 17.9 Å². The van der Waals surface area contributed by atoms with Crippen LogP contribution in [0.15, 0.2) is 103 Å². The molecule has 8 heteroatoms. The molecule has 0 bridgehead atoms. The normalized spacial score (nSPS) is 11.4. The van der Waals surface area contributed by atoms with Gasteiger partial charge in [0.05, 0.1) is 26.2 Å². The number of nitrogens with zero attached hydrogens (tertiary/aromatic N) is 1. The first kappa shape index (κ1) is 30.0. The van der Waals surface area contributed by atoms with Crippen LogP contribution in [0.4, 0.5) is 0 Å². The zero-order valence-corrected chi connectivity index (χ0v) is 23.4. The number of nitrogens with one attached hydrogen (secondary N) is 1. The second kappa shape index (κ2) is 14.6. The third kappa shape index (κ3) is 7.41. The summed E-state index contributed by atoms with van der Waals surface area (Å²) < 4.78 is 5.45. The minimum atomic E-state index is -1.00. The van der Waals surface area contributed by atoms with Gasteiger partial charge in [-0.15, -0.1) is 0 Å². The quantitative estimate of drug-likeness (QED) is 0.210. The number of carbonyl (C=O) groups excluding carboxylic acids is 2. The summed E-state index contributed by atoms with van der Waals surface area (Å²) in [5, 5.41) is 22.2. The van der Waals surface area contributed by atoms with E-state index in [0.29, 0.717) is 34.4 Å². The molecule has 1 unspecified atom stereocenters. The molecule has 0 aliphatic heterocycles. The van der Waals surface area contributed by atoms with E-state index in [1.54, 1.807) is 55.6 Å². The molecule has 0 saturated carbocycles. The molecule has 4 aromatic carbocycles. The van der Waals surface area contributed by atoms with Crippen molar-refractivity contribution in [3.63, 3.8) is 0 Å². The smallest absolute Gasteiger partial charge is 0.305 e. The van der Waals surface area contributed by atoms with E-state index in [1.807, 2.05) is 54.6 Å². The van der Waals surface area contributed by atoms with Gasteiger partial charge in [-0.1, -0.05) is 84.9 Å². The first-order valence-corrected chi connectivity index (χ1v) is 13.7. The van der Waals surface area contributed by atoms with Gasteiger partial charge < -0.3 is 25.2 Å². The van der Waals surface area contributed by atoms with E-state index >= 15 is 0 Å². The predicted octanol–water partition coefficient (Wildman–Crippen LogP) is 4.99. The number of carboxylic acid groups (broad SMARTS) is 1. The van der Waals surface area contributed by atoms with Crippen molar-refractivity contribution in [1.29, 1.82) is 0 Å². The molecule has 0 fully saturated rings. The number of methoxy groups -OCH3 is 1. The minimum absolute atomic E-state index is 0.0229. The van der Waals surface area contributed by atoms with Gasteiger partial charge in [0.2, 0.25) is 0 Å². The number of aliphatic carboxylic acids is 1. The fraction of sp³-hybridized carbons (Fsp3) is 0.206. The van der Waals surface area contributed by atoms with Crippen LogP contribution in [0.25, 0.3) is 11.1 Å². The summed E-state index contributed by atoms with van der Waals surface area (Å²) in [4.78, 5) is 40.5. The first-order valence-electron chi connectivity index (χ1n) is 13.7. The molecule has 2 amide bonds. The van der Waals surface area contributed by atoms with Crippen molar-refractivity contribution in [2.75, 3.05) is 26.8 Å². The van der Waals surface area contributed by atoms with Gasteiger partial charge >= 0.3 is 5.97 Å². The highest BCUT2D eigenvalue weighted by Crippen LogP contribution is 2.29. The second-order valence-electron chi connectivity index (χ2n) is 9.71. The zero-order valence-electron chi connectivity index (χ0n) is 23.4. The fourth-order valence-electron chi connectivity index (χ4n) is 4.86. The van der Waals surface area contributed by atoms with Crippen LogP contribution >= 0.6 is 0 Å². The predicted molar refractivity (Wildman–Crippen MR) is 160 cm³/mol. The molecule has 1 atom stereocenters. The number of amides is 2. The van der Waals surface area contributed by atoms with Gasteiger partial charge in [-0.2, -0.15) is 0 Å². The lowest BCUT2D eigenvalue weighted by Crippen LogP contribution is -2.35. The summed E-state index contributed by atoms with van der Waals surface area (Å²) in [6.07, 6.45) is 0.263. The van der Waals surface area contributed by atoms with Crippen molar-refractivity contribution in [3.05, 3.63) is 125 Å². The van der Waals surface area contributed by atoms with Crippen molar-refractivity contribution in [3.8, 4) is 16.9 Å². The first-order chi connectivity index (χ1) is 20.4. The third-order valence-corrected chi connectivity index (χ3v) is 7.04. The molecule has 42 heavy (non-hydrogen) atoms. The maximum Gasteiger partial charge on any atom is 0.305 e. The molecule has 0 aliphatic carbocycles. The summed E-state index contributed by atoms with van der Waals surface area (Å²) in [5.41, 5.74) is 3.46. The Labute approximate surface area is 245 Å². The Morgan fingerprint density at radius 3 is 2.05 bits per heavy atom. The summed E-state index contributed by atoms with van der Waals surface area (Å²) in [5.74, 6) is -1.04. The minimum Gasteiger partial charge on any atom is -0.496 e. The maximum atomic E-state index is 14.0. The van der Waals surface area contributed by atoms with Crippen LogP contribution in [0.3, 0.4) is 0 Å². The fourth-order valence-corrected chi connectivity index (χ4v) is 4.86. The average molecular weight is 567 g/mol. The van der Waals surface area contributed by atoms with Gasteiger partial charge in [-0.25, -0.2) is 0 Å². The Hall–Kier alpha value is -4.95. The molecule has 0 saturated heterocycles. The van der Waals surface area contributed by atoms with Crippen LogP contribution in [0, 0.1) is 0 Å². The Kier molecular flexibility index (Phi) is 10.4. The molecule has 0 aliphatic rings. The number of hydrogen-bond acceptors (Lipinski definition) is 5. The number of aliphatic hydroxyl groups excluding tert-OH is 1. The highest BCUT2D eigenvalue weighted by Gasteiger charge is 2.24. The molecule has 3 N–H and O–H groups in total. The Balaban J connectivity index is 1.65. The van der Waals surface area contributed by atoms with Crippen molar-refractivity contribution < 1.29 is 29.3 Å². The van der Waals surface area contributed by atoms with Crippen LogP contribution in [-0.2, 0) is 11.2 Å². The molecule has 0 radical (unpaired) electrons. The van der Waals surface area contributed by atoms with Crippen LogP contribution in [0.1, 0.15) is 44.3 Å². The standard InChI is InChI=1S/C34H34N2O6/c1-42-31-18-10-5-13-25(31)19-21-36(22-20-32(38)39)34(41)29-17-9-7-15-27(29)26-14-6-8-16-28(26)33(40)35-30(23-37)24-11-3-2-4-12-24/h2-18,30,37H,19-23H2,1H3,(H,35,40)(H,38,39). The van der Waals surface area contributed by atoms with Gasteiger partial charge in [0.15, 0.2) is 0 Å². The molecule has 216 valence electrons. The van der Waals surface area contributed by atoms with Crippen molar-refractivity contribution >= 4 is 17.8 Å². The van der Waals surface area contributed by atoms with Crippen LogP contribution in [0.5, 0.6) is 5.75 Å². The molecule has 0 spiro atoms. The number of ether oxygens (including phenoxy) is 1. The Bertz CT molecular complexity index is 1520. The SMILES string of the molecule is COc1ccccc1CCN(CCC(=O)O)C(=O)c1ccccc1-c1ccccc1C(=O)NC(CO)c1ccccc1. The number of rotatable bonds is 13. The van der Waals surface area contributed by atoms with E-state index in [-0.39, 0.29) is 32.0 Å². The topological polar surface area (TPSA) is 116 Å². The zero-order chi connectivity index (χ0) is 29.9. The van der Waals surface area contributed by atoms with Crippen molar-refractivity contribution in [2.24, 2.45) is 0 Å². The van der Waals surface area contributed by atoms with Gasteiger partial charge in [0.25, 0.3) is 11.8 Å². The highest BCUT2D eigenvalue weighted by atomic mass is 16.5. The lowest BCUT2D eigenvalue weighted by molar-refractivity contribution is -0.137. The number of hydrogen-bond donors (Lipinski definition) is 3. The van der Waals surface area contributed by atoms with E-state index in [9.17, 15) is 24.6 Å². The summed E-state index contributed by atoms with van der Waals surface area (Å²) in [6.45, 7) is 0.0188. The van der Waals surface area contributed by atoms with Gasteiger partial charge in [0, 0.05) is 24.2 Å². The summed E-state index contributed by atoms with van der Waals surface area (Å²) in [7, 11) is 1.58. The number of benzene rings is 4. The van der Waals surface area contributed by atoms with E-state index in [4.69, 9.17) is 4.74 Å². The molecular weight excluding hydrogens is 532 g/mol. The van der Waals surface area contributed by atoms with Gasteiger partial charge in [-0.05, 0) is 46.9 Å². The average Bonchev–Trinajstić information content (AvgIpc) is 3.03. The number of carbonyl (C=O) groups is 3. The maximum absolute atomic E-state index is 14.0. The molecule has 8 nitrogen and oxygen atoms in total. The third-order valence-electron chi connectivity index (χ3n) is 7.04. The monoisotopic (exact) mass is 566 g/mol. The van der Waals surface area contributed by atoms with Crippen LogP contribution < -0.4 is 10.1 Å². The Morgan fingerprint density at radius 1 is 0.786 bits per heavy atom. The Morgan fingerprint density at radius 2 is 1.38 bits per heavy atom. The van der Waals surface area contributed by atoms with Gasteiger partial charge in [0.1, 0.15) is 5.75 Å². The lowest BCUT2D eigenvalue weighted by atomic mass is 9.94. The van der Waals surface area contributed by atoms with E-state index in [1.165, 1.54) is 4.90 Å². The van der Waals surface area contributed by atoms with E-state index in [0.717, 1.165) is 11.1 Å². The highest BCUT2D eigenvalue weighted by molar-refractivity contribution is 6.06. The van der Waals surface area contributed by atoms with Crippen LogP contribution in [-0.4, -0.2) is 59.7 Å². The van der Waals surface area contributed by atoms with Crippen molar-refractivity contribution in [2.45, 2.75) is 18.9 Å². The second-order valence-corrected chi connectivity index (χ2v) is 9.71.